The second kappa shape index (κ2) is 6.26. The number of para-hydroxylation sites is 1. The summed E-state index contributed by atoms with van der Waals surface area (Å²) in [5.41, 5.74) is 11.5. The van der Waals surface area contributed by atoms with E-state index >= 15 is 0 Å². The normalized spacial score (nSPS) is 25.3. The lowest BCUT2D eigenvalue weighted by molar-refractivity contribution is -0.127. The molecule has 1 fully saturated rings. The average molecular weight is 289 g/mol. The van der Waals surface area contributed by atoms with Gasteiger partial charge in [-0.05, 0) is 43.7 Å². The Morgan fingerprint density at radius 1 is 1.29 bits per heavy atom. The summed E-state index contributed by atoms with van der Waals surface area (Å²) in [6.07, 6.45) is 3.58. The minimum absolute atomic E-state index is 0.106. The summed E-state index contributed by atoms with van der Waals surface area (Å²) >= 11 is 0. The molecular formula is C16H23N3O2. The Bertz CT molecular complexity index is 534. The van der Waals surface area contributed by atoms with Crippen LogP contribution in [0.4, 0.5) is 5.69 Å². The van der Waals surface area contributed by atoms with Gasteiger partial charge in [-0.25, -0.2) is 0 Å². The van der Waals surface area contributed by atoms with Crippen LogP contribution in [0.2, 0.25) is 0 Å². The Kier molecular flexibility index (Phi) is 4.63. The fourth-order valence-electron chi connectivity index (χ4n) is 2.90. The number of nitrogens with two attached hydrogens (primary N) is 2. The van der Waals surface area contributed by atoms with Crippen LogP contribution in [0.15, 0.2) is 24.3 Å². The summed E-state index contributed by atoms with van der Waals surface area (Å²) in [6.45, 7) is 2.52. The van der Waals surface area contributed by atoms with Crippen molar-refractivity contribution in [3.8, 4) is 0 Å². The van der Waals surface area contributed by atoms with Crippen molar-refractivity contribution < 1.29 is 9.59 Å². The van der Waals surface area contributed by atoms with Gasteiger partial charge in [-0.3, -0.25) is 9.59 Å². The van der Waals surface area contributed by atoms with Crippen molar-refractivity contribution in [2.24, 2.45) is 22.8 Å². The van der Waals surface area contributed by atoms with E-state index in [0.717, 1.165) is 25.7 Å². The topological polar surface area (TPSA) is 98.2 Å². The minimum Gasteiger partial charge on any atom is -0.366 e. The smallest absolute Gasteiger partial charge is 0.250 e. The van der Waals surface area contributed by atoms with E-state index in [1.54, 1.807) is 24.3 Å². The highest BCUT2D eigenvalue weighted by Crippen LogP contribution is 2.39. The van der Waals surface area contributed by atoms with E-state index in [1.165, 1.54) is 0 Å². The molecule has 0 unspecified atom stereocenters. The van der Waals surface area contributed by atoms with Crippen LogP contribution < -0.4 is 16.8 Å². The first-order valence-electron chi connectivity index (χ1n) is 7.39. The highest BCUT2D eigenvalue weighted by atomic mass is 16.2. The van der Waals surface area contributed by atoms with E-state index < -0.39 is 11.3 Å². The molecule has 0 radical (unpaired) electrons. The van der Waals surface area contributed by atoms with Crippen molar-refractivity contribution in [2.75, 3.05) is 11.9 Å². The van der Waals surface area contributed by atoms with Crippen LogP contribution in [0, 0.1) is 11.3 Å². The van der Waals surface area contributed by atoms with Crippen molar-refractivity contribution in [1.29, 1.82) is 0 Å². The third-order valence-corrected chi connectivity index (χ3v) is 4.54. The van der Waals surface area contributed by atoms with Crippen LogP contribution in [0.3, 0.4) is 0 Å². The summed E-state index contributed by atoms with van der Waals surface area (Å²) < 4.78 is 0. The molecular weight excluding hydrogens is 266 g/mol. The van der Waals surface area contributed by atoms with E-state index in [0.29, 0.717) is 23.7 Å². The second-order valence-corrected chi connectivity index (χ2v) is 6.03. The molecule has 5 N–H and O–H groups in total. The SMILES string of the molecule is CC1CCC(CN)(C(=O)Nc2ccccc2C(N)=O)CC1. The molecule has 2 amide bonds. The molecule has 0 atom stereocenters. The van der Waals surface area contributed by atoms with Crippen molar-refractivity contribution in [1.82, 2.24) is 0 Å². The highest BCUT2D eigenvalue weighted by molar-refractivity contribution is 6.04. The van der Waals surface area contributed by atoms with E-state index in [4.69, 9.17) is 11.5 Å². The summed E-state index contributed by atoms with van der Waals surface area (Å²) in [4.78, 5) is 24.1. The summed E-state index contributed by atoms with van der Waals surface area (Å²) in [5.74, 6) is -0.0223. The van der Waals surface area contributed by atoms with Crippen molar-refractivity contribution in [2.45, 2.75) is 32.6 Å². The van der Waals surface area contributed by atoms with Gasteiger partial charge < -0.3 is 16.8 Å². The van der Waals surface area contributed by atoms with Gasteiger partial charge in [0.05, 0.1) is 16.7 Å². The molecule has 2 rings (SSSR count). The lowest BCUT2D eigenvalue weighted by Gasteiger charge is -2.37. The van der Waals surface area contributed by atoms with Gasteiger partial charge in [-0.2, -0.15) is 0 Å². The molecule has 1 aliphatic carbocycles. The number of amides is 2. The standard InChI is InChI=1S/C16H23N3O2/c1-11-6-8-16(10-17,9-7-11)15(21)19-13-5-3-2-4-12(13)14(18)20/h2-5,11H,6-10,17H2,1H3,(H2,18,20)(H,19,21). The van der Waals surface area contributed by atoms with E-state index in [9.17, 15) is 9.59 Å². The summed E-state index contributed by atoms with van der Waals surface area (Å²) in [6, 6.07) is 6.78. The monoisotopic (exact) mass is 289 g/mol. The molecule has 0 bridgehead atoms. The molecule has 0 saturated heterocycles. The number of carbonyl (C=O) groups is 2. The lowest BCUT2D eigenvalue weighted by atomic mass is 9.70. The zero-order chi connectivity index (χ0) is 15.5. The number of nitrogens with one attached hydrogen (secondary N) is 1. The molecule has 21 heavy (non-hydrogen) atoms. The number of hydrogen-bond acceptors (Lipinski definition) is 3. The number of carbonyl (C=O) groups excluding carboxylic acids is 2. The molecule has 5 heteroatoms. The molecule has 1 aromatic rings. The first kappa shape index (κ1) is 15.5. The Hall–Kier alpha value is -1.88. The van der Waals surface area contributed by atoms with Gasteiger partial charge >= 0.3 is 0 Å². The fourth-order valence-corrected chi connectivity index (χ4v) is 2.90. The number of anilines is 1. The van der Waals surface area contributed by atoms with Gasteiger partial charge in [0.25, 0.3) is 5.91 Å². The number of hydrogen-bond donors (Lipinski definition) is 3. The van der Waals surface area contributed by atoms with Crippen LogP contribution >= 0.6 is 0 Å². The van der Waals surface area contributed by atoms with Crippen LogP contribution in [0.25, 0.3) is 0 Å². The average Bonchev–Trinajstić information content (AvgIpc) is 2.48. The first-order valence-corrected chi connectivity index (χ1v) is 7.39. The fraction of sp³-hybridized carbons (Fsp3) is 0.500. The predicted octanol–water partition coefficient (Wildman–Crippen LogP) is 1.88. The van der Waals surface area contributed by atoms with E-state index in [-0.39, 0.29) is 5.91 Å². The van der Waals surface area contributed by atoms with E-state index in [2.05, 4.69) is 12.2 Å². The Morgan fingerprint density at radius 3 is 2.48 bits per heavy atom. The molecule has 114 valence electrons. The van der Waals surface area contributed by atoms with Gasteiger partial charge in [0.2, 0.25) is 5.91 Å². The maximum atomic E-state index is 12.7. The van der Waals surface area contributed by atoms with Gasteiger partial charge in [0, 0.05) is 6.54 Å². The minimum atomic E-state index is -0.551. The molecule has 1 saturated carbocycles. The number of benzene rings is 1. The second-order valence-electron chi connectivity index (χ2n) is 6.03. The molecule has 0 spiro atoms. The quantitative estimate of drug-likeness (QED) is 0.789. The maximum absolute atomic E-state index is 12.7. The molecule has 1 aliphatic rings. The first-order chi connectivity index (χ1) is 9.98. The van der Waals surface area contributed by atoms with Gasteiger partial charge in [0.15, 0.2) is 0 Å². The maximum Gasteiger partial charge on any atom is 0.250 e. The van der Waals surface area contributed by atoms with E-state index in [1.807, 2.05) is 0 Å². The van der Waals surface area contributed by atoms with Crippen LogP contribution in [0.5, 0.6) is 0 Å². The largest absolute Gasteiger partial charge is 0.366 e. The number of primary amides is 1. The molecule has 5 nitrogen and oxygen atoms in total. The molecule has 0 heterocycles. The predicted molar refractivity (Wildman–Crippen MR) is 82.7 cm³/mol. The summed E-state index contributed by atoms with van der Waals surface area (Å²) in [5, 5.41) is 2.85. The van der Waals surface area contributed by atoms with Crippen molar-refractivity contribution in [3.63, 3.8) is 0 Å². The van der Waals surface area contributed by atoms with Crippen LogP contribution in [-0.4, -0.2) is 18.4 Å². The van der Waals surface area contributed by atoms with Gasteiger partial charge in [-0.1, -0.05) is 19.1 Å². The van der Waals surface area contributed by atoms with Crippen LogP contribution in [-0.2, 0) is 4.79 Å². The number of rotatable bonds is 4. The zero-order valence-electron chi connectivity index (χ0n) is 12.4. The van der Waals surface area contributed by atoms with Crippen molar-refractivity contribution in [3.05, 3.63) is 29.8 Å². The van der Waals surface area contributed by atoms with Crippen molar-refractivity contribution >= 4 is 17.5 Å². The zero-order valence-corrected chi connectivity index (χ0v) is 12.4. The molecule has 0 aliphatic heterocycles. The highest BCUT2D eigenvalue weighted by Gasteiger charge is 2.40. The van der Waals surface area contributed by atoms with Crippen LogP contribution in [0.1, 0.15) is 43.0 Å². The molecule has 1 aromatic carbocycles. The summed E-state index contributed by atoms with van der Waals surface area (Å²) in [7, 11) is 0. The van der Waals surface area contributed by atoms with Gasteiger partial charge in [-0.15, -0.1) is 0 Å². The lowest BCUT2D eigenvalue weighted by Crippen LogP contribution is -2.45. The molecule has 0 aromatic heterocycles. The van der Waals surface area contributed by atoms with Gasteiger partial charge in [0.1, 0.15) is 0 Å². The Balaban J connectivity index is 2.19. The Labute approximate surface area is 125 Å². The third-order valence-electron chi connectivity index (χ3n) is 4.54. The third kappa shape index (κ3) is 3.24. The Morgan fingerprint density at radius 2 is 1.90 bits per heavy atom.